The molecule has 0 atom stereocenters. The number of aromatic nitrogens is 2. The van der Waals surface area contributed by atoms with Crippen molar-refractivity contribution in [2.45, 2.75) is 4.90 Å². The van der Waals surface area contributed by atoms with Crippen LogP contribution in [0.4, 0.5) is 10.7 Å². The van der Waals surface area contributed by atoms with E-state index < -0.39 is 0 Å². The molecule has 1 N–H and O–H groups in total. The normalized spacial score (nSPS) is 10.1. The van der Waals surface area contributed by atoms with E-state index in [1.807, 2.05) is 12.1 Å². The maximum atomic E-state index is 3.78. The molecule has 1 aromatic carbocycles. The molecule has 2 aromatic rings. The molecule has 5 heteroatoms. The molecule has 0 bridgehead atoms. The first-order valence-corrected chi connectivity index (χ1v) is 6.07. The third kappa shape index (κ3) is 2.24. The lowest BCUT2D eigenvalue weighted by Gasteiger charge is -2.02. The van der Waals surface area contributed by atoms with Crippen LogP contribution >= 0.6 is 23.3 Å². The van der Waals surface area contributed by atoms with Gasteiger partial charge in [0.25, 0.3) is 0 Å². The van der Waals surface area contributed by atoms with Gasteiger partial charge in [-0.25, -0.2) is 0 Å². The van der Waals surface area contributed by atoms with Gasteiger partial charge in [0.15, 0.2) is 0 Å². The molecule has 0 amide bonds. The van der Waals surface area contributed by atoms with Gasteiger partial charge in [0, 0.05) is 22.1 Å². The Balaban J connectivity index is 2.10. The highest BCUT2D eigenvalue weighted by molar-refractivity contribution is 7.98. The predicted octanol–water partition coefficient (Wildman–Crippen LogP) is 3.00. The van der Waals surface area contributed by atoms with Crippen LogP contribution in [-0.2, 0) is 0 Å². The van der Waals surface area contributed by atoms with Crippen LogP contribution in [0.2, 0.25) is 0 Å². The van der Waals surface area contributed by atoms with Crippen LogP contribution in [-0.4, -0.2) is 15.8 Å². The molecule has 72 valence electrons. The molecule has 3 nitrogen and oxygen atoms in total. The molecule has 0 saturated carbocycles. The number of nitrogens with one attached hydrogen (secondary N) is 1. The zero-order valence-electron chi connectivity index (χ0n) is 7.60. The van der Waals surface area contributed by atoms with Gasteiger partial charge >= 0.3 is 0 Å². The molecule has 0 spiro atoms. The second-order valence-electron chi connectivity index (χ2n) is 2.64. The van der Waals surface area contributed by atoms with Crippen molar-refractivity contribution in [1.29, 1.82) is 0 Å². The summed E-state index contributed by atoms with van der Waals surface area (Å²) in [6.45, 7) is 0. The Hall–Kier alpha value is -1.07. The van der Waals surface area contributed by atoms with Crippen molar-refractivity contribution < 1.29 is 0 Å². The fraction of sp³-hybridized carbons (Fsp3) is 0.111. The number of nitrogens with zero attached hydrogens (tertiary/aromatic N) is 2. The summed E-state index contributed by atoms with van der Waals surface area (Å²) >= 11 is 3.09. The maximum absolute atomic E-state index is 3.78. The Morgan fingerprint density at radius 2 is 2.07 bits per heavy atom. The Kier molecular flexibility index (Phi) is 3.00. The molecule has 0 aliphatic carbocycles. The molecule has 2 rings (SSSR count). The number of thioether (sulfide) groups is 1. The number of hydrogen-bond acceptors (Lipinski definition) is 5. The average Bonchev–Trinajstić information content (AvgIpc) is 2.72. The molecule has 0 aliphatic heterocycles. The first-order chi connectivity index (χ1) is 6.88. The van der Waals surface area contributed by atoms with E-state index in [0.717, 1.165) is 10.7 Å². The lowest BCUT2D eigenvalue weighted by atomic mass is 10.3. The van der Waals surface area contributed by atoms with Gasteiger partial charge in [-0.1, -0.05) is 4.49 Å². The molecular formula is C9H9N3S2. The summed E-state index contributed by atoms with van der Waals surface area (Å²) in [7, 11) is 0. The van der Waals surface area contributed by atoms with Gasteiger partial charge in [-0.05, 0) is 30.5 Å². The summed E-state index contributed by atoms with van der Waals surface area (Å²) in [5.41, 5.74) is 1.06. The minimum absolute atomic E-state index is 0.960. The van der Waals surface area contributed by atoms with E-state index in [9.17, 15) is 0 Å². The van der Waals surface area contributed by atoms with Crippen molar-refractivity contribution in [3.8, 4) is 0 Å². The van der Waals surface area contributed by atoms with E-state index >= 15 is 0 Å². The first-order valence-electron chi connectivity index (χ1n) is 4.07. The summed E-state index contributed by atoms with van der Waals surface area (Å²) < 4.78 is 3.78. The van der Waals surface area contributed by atoms with E-state index in [4.69, 9.17) is 0 Å². The standard InChI is InChI=1S/C9H9N3S2/c1-13-8-4-2-7(3-5-8)11-9-6-10-12-14-9/h2-6,11H,1H3. The van der Waals surface area contributed by atoms with Gasteiger partial charge in [-0.15, -0.1) is 16.9 Å². The summed E-state index contributed by atoms with van der Waals surface area (Å²) in [6.07, 6.45) is 3.78. The van der Waals surface area contributed by atoms with Crippen LogP contribution < -0.4 is 5.32 Å². The first kappa shape index (κ1) is 9.48. The summed E-state index contributed by atoms with van der Waals surface area (Å²) in [6, 6.07) is 8.26. The second kappa shape index (κ2) is 4.43. The van der Waals surface area contributed by atoms with E-state index in [0.29, 0.717) is 0 Å². The Labute approximate surface area is 90.7 Å². The topological polar surface area (TPSA) is 37.8 Å². The van der Waals surface area contributed by atoms with Gasteiger partial charge < -0.3 is 5.32 Å². The van der Waals surface area contributed by atoms with E-state index in [-0.39, 0.29) is 0 Å². The quantitative estimate of drug-likeness (QED) is 0.812. The minimum atomic E-state index is 0.960. The highest BCUT2D eigenvalue weighted by Gasteiger charge is 1.96. The van der Waals surface area contributed by atoms with Crippen LogP contribution in [0.3, 0.4) is 0 Å². The minimum Gasteiger partial charge on any atom is -0.345 e. The van der Waals surface area contributed by atoms with Crippen molar-refractivity contribution in [1.82, 2.24) is 9.59 Å². The Morgan fingerprint density at radius 3 is 2.64 bits per heavy atom. The van der Waals surface area contributed by atoms with Crippen LogP contribution in [0.5, 0.6) is 0 Å². The van der Waals surface area contributed by atoms with Gasteiger partial charge in [0.1, 0.15) is 5.00 Å². The van der Waals surface area contributed by atoms with Crippen LogP contribution in [0, 0.1) is 0 Å². The fourth-order valence-electron chi connectivity index (χ4n) is 1.04. The molecular weight excluding hydrogens is 214 g/mol. The van der Waals surface area contributed by atoms with Crippen molar-refractivity contribution in [3.05, 3.63) is 30.5 Å². The highest BCUT2D eigenvalue weighted by Crippen LogP contribution is 2.21. The molecule has 1 aromatic heterocycles. The molecule has 0 saturated heterocycles. The predicted molar refractivity (Wildman–Crippen MR) is 61.4 cm³/mol. The lowest BCUT2D eigenvalue weighted by molar-refractivity contribution is 1.16. The zero-order chi connectivity index (χ0) is 9.80. The number of hydrogen-bond donors (Lipinski definition) is 1. The Morgan fingerprint density at radius 1 is 1.29 bits per heavy atom. The average molecular weight is 223 g/mol. The van der Waals surface area contributed by atoms with E-state index in [1.165, 1.54) is 16.4 Å². The van der Waals surface area contributed by atoms with Crippen molar-refractivity contribution in [2.24, 2.45) is 0 Å². The second-order valence-corrected chi connectivity index (χ2v) is 4.30. The van der Waals surface area contributed by atoms with Crippen molar-refractivity contribution in [2.75, 3.05) is 11.6 Å². The molecule has 0 radical (unpaired) electrons. The number of rotatable bonds is 3. The van der Waals surface area contributed by atoms with Crippen molar-refractivity contribution in [3.63, 3.8) is 0 Å². The molecule has 0 fully saturated rings. The summed E-state index contributed by atoms with van der Waals surface area (Å²) in [4.78, 5) is 1.26. The molecule has 1 heterocycles. The van der Waals surface area contributed by atoms with Gasteiger partial charge in [-0.3, -0.25) is 0 Å². The lowest BCUT2D eigenvalue weighted by Crippen LogP contribution is -1.86. The van der Waals surface area contributed by atoms with Crippen molar-refractivity contribution >= 4 is 34.0 Å². The summed E-state index contributed by atoms with van der Waals surface area (Å²) in [5.74, 6) is 0. The van der Waals surface area contributed by atoms with Crippen LogP contribution in [0.15, 0.2) is 35.4 Å². The number of anilines is 2. The molecule has 0 aliphatic rings. The van der Waals surface area contributed by atoms with E-state index in [1.54, 1.807) is 18.0 Å². The highest BCUT2D eigenvalue weighted by atomic mass is 32.2. The van der Waals surface area contributed by atoms with Gasteiger partial charge in [0.05, 0.1) is 6.20 Å². The number of benzene rings is 1. The van der Waals surface area contributed by atoms with E-state index in [2.05, 4.69) is 33.3 Å². The zero-order valence-corrected chi connectivity index (χ0v) is 9.23. The third-order valence-corrected chi connectivity index (χ3v) is 3.04. The monoisotopic (exact) mass is 223 g/mol. The van der Waals surface area contributed by atoms with Gasteiger partial charge in [0.2, 0.25) is 0 Å². The van der Waals surface area contributed by atoms with Gasteiger partial charge in [-0.2, -0.15) is 0 Å². The smallest absolute Gasteiger partial charge is 0.134 e. The molecule has 14 heavy (non-hydrogen) atoms. The maximum Gasteiger partial charge on any atom is 0.134 e. The van der Waals surface area contributed by atoms with Crippen LogP contribution in [0.25, 0.3) is 0 Å². The Bertz CT molecular complexity index is 383. The largest absolute Gasteiger partial charge is 0.345 e. The summed E-state index contributed by atoms with van der Waals surface area (Å²) in [5, 5.41) is 7.93. The molecule has 0 unspecified atom stereocenters. The van der Waals surface area contributed by atoms with Crippen LogP contribution in [0.1, 0.15) is 0 Å². The third-order valence-electron chi connectivity index (χ3n) is 1.72. The SMILES string of the molecule is CSc1ccc(Nc2cnns2)cc1. The fourth-order valence-corrected chi connectivity index (χ4v) is 1.89.